The van der Waals surface area contributed by atoms with Crippen molar-refractivity contribution in [3.05, 3.63) is 11.6 Å². The summed E-state index contributed by atoms with van der Waals surface area (Å²) in [5.74, 6) is 1.82. The lowest BCUT2D eigenvalue weighted by Crippen LogP contribution is -2.30. The number of ether oxygens (including phenoxy) is 1. The van der Waals surface area contributed by atoms with Crippen molar-refractivity contribution in [2.75, 3.05) is 0 Å². The van der Waals surface area contributed by atoms with Crippen LogP contribution in [0.1, 0.15) is 37.3 Å². The van der Waals surface area contributed by atoms with Crippen molar-refractivity contribution in [3.63, 3.8) is 0 Å². The highest BCUT2D eigenvalue weighted by atomic mass is 16.5. The van der Waals surface area contributed by atoms with E-state index in [1.165, 1.54) is 0 Å². The minimum Gasteiger partial charge on any atom is -0.370 e. The van der Waals surface area contributed by atoms with E-state index in [0.717, 1.165) is 37.3 Å². The zero-order chi connectivity index (χ0) is 11.5. The molecule has 0 unspecified atom stereocenters. The topological polar surface area (TPSA) is 66.0 Å². The molecule has 0 saturated heterocycles. The zero-order valence-corrected chi connectivity index (χ0v) is 10.0. The Morgan fingerprint density at radius 3 is 2.56 bits per heavy atom. The second-order valence-corrected chi connectivity index (χ2v) is 4.57. The second kappa shape index (κ2) is 4.93. The van der Waals surface area contributed by atoms with Gasteiger partial charge in [-0.3, -0.25) is 0 Å². The summed E-state index contributed by atoms with van der Waals surface area (Å²) in [5.41, 5.74) is 5.85. The third-order valence-corrected chi connectivity index (χ3v) is 3.35. The predicted octanol–water partition coefficient (Wildman–Crippen LogP) is 0.910. The van der Waals surface area contributed by atoms with Crippen LogP contribution in [-0.2, 0) is 18.4 Å². The van der Waals surface area contributed by atoms with Crippen LogP contribution >= 0.6 is 0 Å². The van der Waals surface area contributed by atoms with E-state index in [2.05, 4.69) is 10.2 Å². The van der Waals surface area contributed by atoms with E-state index < -0.39 is 0 Å². The van der Waals surface area contributed by atoms with Gasteiger partial charge in [-0.25, -0.2) is 0 Å². The zero-order valence-electron chi connectivity index (χ0n) is 10.0. The normalized spacial score (nSPS) is 25.9. The maximum atomic E-state index is 5.85. The highest BCUT2D eigenvalue weighted by Crippen LogP contribution is 2.20. The standard InChI is InChI=1S/C11H20N4O/c1-8-13-14-11(15(8)2)7-16-10-5-3-9(12)4-6-10/h9-10H,3-7,12H2,1-2H3. The SMILES string of the molecule is Cc1nnc(COC2CCC(N)CC2)n1C. The molecule has 16 heavy (non-hydrogen) atoms. The van der Waals surface area contributed by atoms with Gasteiger partial charge < -0.3 is 15.0 Å². The van der Waals surface area contributed by atoms with Gasteiger partial charge in [0.15, 0.2) is 5.82 Å². The molecule has 0 aromatic carbocycles. The van der Waals surface area contributed by atoms with Gasteiger partial charge in [-0.15, -0.1) is 10.2 Å². The van der Waals surface area contributed by atoms with Crippen molar-refractivity contribution in [2.45, 2.75) is 51.4 Å². The molecular weight excluding hydrogens is 204 g/mol. The predicted molar refractivity (Wildman–Crippen MR) is 60.8 cm³/mol. The van der Waals surface area contributed by atoms with E-state index in [1.54, 1.807) is 0 Å². The number of aryl methyl sites for hydroxylation is 1. The van der Waals surface area contributed by atoms with E-state index in [0.29, 0.717) is 18.8 Å². The first kappa shape index (κ1) is 11.5. The molecule has 0 atom stereocenters. The molecule has 1 aliphatic carbocycles. The molecular formula is C11H20N4O. The maximum Gasteiger partial charge on any atom is 0.158 e. The van der Waals surface area contributed by atoms with Crippen molar-refractivity contribution in [3.8, 4) is 0 Å². The smallest absolute Gasteiger partial charge is 0.158 e. The summed E-state index contributed by atoms with van der Waals surface area (Å²) < 4.78 is 7.80. The monoisotopic (exact) mass is 224 g/mol. The van der Waals surface area contributed by atoms with Gasteiger partial charge >= 0.3 is 0 Å². The Labute approximate surface area is 96.0 Å². The van der Waals surface area contributed by atoms with Crippen molar-refractivity contribution < 1.29 is 4.74 Å². The molecule has 1 fully saturated rings. The number of hydrogen-bond acceptors (Lipinski definition) is 4. The van der Waals surface area contributed by atoms with E-state index in [-0.39, 0.29) is 0 Å². The van der Waals surface area contributed by atoms with Gasteiger partial charge in [0.2, 0.25) is 0 Å². The lowest BCUT2D eigenvalue weighted by molar-refractivity contribution is 0.00944. The molecule has 5 heteroatoms. The molecule has 0 spiro atoms. The van der Waals surface area contributed by atoms with Gasteiger partial charge in [0.05, 0.1) is 6.10 Å². The van der Waals surface area contributed by atoms with Gasteiger partial charge in [-0.1, -0.05) is 0 Å². The van der Waals surface area contributed by atoms with Crippen LogP contribution in [0.2, 0.25) is 0 Å². The molecule has 2 N–H and O–H groups in total. The van der Waals surface area contributed by atoms with E-state index in [4.69, 9.17) is 10.5 Å². The number of rotatable bonds is 3. The van der Waals surface area contributed by atoms with E-state index in [1.807, 2.05) is 18.5 Å². The van der Waals surface area contributed by atoms with E-state index >= 15 is 0 Å². The average molecular weight is 224 g/mol. The van der Waals surface area contributed by atoms with Crippen LogP contribution in [0.5, 0.6) is 0 Å². The fourth-order valence-electron chi connectivity index (χ4n) is 2.02. The van der Waals surface area contributed by atoms with Crippen LogP contribution in [0.3, 0.4) is 0 Å². The van der Waals surface area contributed by atoms with Crippen molar-refractivity contribution in [2.24, 2.45) is 12.8 Å². The first-order valence-electron chi connectivity index (χ1n) is 5.89. The van der Waals surface area contributed by atoms with Crippen molar-refractivity contribution in [1.29, 1.82) is 0 Å². The Morgan fingerprint density at radius 2 is 2.00 bits per heavy atom. The first-order valence-corrected chi connectivity index (χ1v) is 5.89. The summed E-state index contributed by atoms with van der Waals surface area (Å²) in [4.78, 5) is 0. The molecule has 1 heterocycles. The Morgan fingerprint density at radius 1 is 1.31 bits per heavy atom. The highest BCUT2D eigenvalue weighted by molar-refractivity contribution is 4.90. The minimum absolute atomic E-state index is 0.344. The van der Waals surface area contributed by atoms with Crippen LogP contribution in [0, 0.1) is 6.92 Å². The quantitative estimate of drug-likeness (QED) is 0.828. The molecule has 0 radical (unpaired) electrons. The average Bonchev–Trinajstić information content (AvgIpc) is 2.60. The molecule has 1 saturated carbocycles. The Hall–Kier alpha value is -0.940. The maximum absolute atomic E-state index is 5.85. The highest BCUT2D eigenvalue weighted by Gasteiger charge is 2.19. The number of nitrogens with zero attached hydrogens (tertiary/aromatic N) is 3. The summed E-state index contributed by atoms with van der Waals surface area (Å²) in [6.45, 7) is 2.49. The molecule has 0 bridgehead atoms. The third-order valence-electron chi connectivity index (χ3n) is 3.35. The molecule has 1 aromatic heterocycles. The van der Waals surface area contributed by atoms with Gasteiger partial charge in [0, 0.05) is 13.1 Å². The second-order valence-electron chi connectivity index (χ2n) is 4.57. The van der Waals surface area contributed by atoms with Gasteiger partial charge in [0.25, 0.3) is 0 Å². The van der Waals surface area contributed by atoms with Gasteiger partial charge in [-0.2, -0.15) is 0 Å². The first-order chi connectivity index (χ1) is 7.66. The van der Waals surface area contributed by atoms with Crippen LogP contribution < -0.4 is 5.73 Å². The van der Waals surface area contributed by atoms with Crippen molar-refractivity contribution >= 4 is 0 Å². The van der Waals surface area contributed by atoms with Crippen LogP contribution in [0.4, 0.5) is 0 Å². The molecule has 90 valence electrons. The minimum atomic E-state index is 0.344. The summed E-state index contributed by atoms with van der Waals surface area (Å²) in [5, 5.41) is 8.08. The van der Waals surface area contributed by atoms with Crippen molar-refractivity contribution in [1.82, 2.24) is 14.8 Å². The number of hydrogen-bond donors (Lipinski definition) is 1. The fourth-order valence-corrected chi connectivity index (χ4v) is 2.02. The molecule has 0 aliphatic heterocycles. The fraction of sp³-hybridized carbons (Fsp3) is 0.818. The van der Waals surface area contributed by atoms with Gasteiger partial charge in [0.1, 0.15) is 12.4 Å². The molecule has 0 amide bonds. The summed E-state index contributed by atoms with van der Waals surface area (Å²) in [6.07, 6.45) is 4.62. The van der Waals surface area contributed by atoms with Crippen LogP contribution in [-0.4, -0.2) is 26.9 Å². The molecule has 5 nitrogen and oxygen atoms in total. The lowest BCUT2D eigenvalue weighted by Gasteiger charge is -2.25. The Kier molecular flexibility index (Phi) is 3.56. The number of nitrogens with two attached hydrogens (primary N) is 1. The molecule has 1 aliphatic rings. The molecule has 1 aromatic rings. The van der Waals surface area contributed by atoms with E-state index in [9.17, 15) is 0 Å². The number of aromatic nitrogens is 3. The van der Waals surface area contributed by atoms with Gasteiger partial charge in [-0.05, 0) is 32.6 Å². The third kappa shape index (κ3) is 2.59. The lowest BCUT2D eigenvalue weighted by atomic mass is 9.94. The Balaban J connectivity index is 1.81. The summed E-state index contributed by atoms with van der Waals surface area (Å²) in [6, 6.07) is 0.372. The summed E-state index contributed by atoms with van der Waals surface area (Å²) >= 11 is 0. The Bertz CT molecular complexity index is 342. The molecule has 2 rings (SSSR count). The van der Waals surface area contributed by atoms with Crippen LogP contribution in [0.25, 0.3) is 0 Å². The summed E-state index contributed by atoms with van der Waals surface area (Å²) in [7, 11) is 1.96. The van der Waals surface area contributed by atoms with Crippen LogP contribution in [0.15, 0.2) is 0 Å². The largest absolute Gasteiger partial charge is 0.370 e.